The van der Waals surface area contributed by atoms with Crippen molar-refractivity contribution in [1.29, 1.82) is 0 Å². The molecule has 0 bridgehead atoms. The van der Waals surface area contributed by atoms with Crippen LogP contribution < -0.4 is 20.1 Å². The Morgan fingerprint density at radius 3 is 2.54 bits per heavy atom. The van der Waals surface area contributed by atoms with Crippen LogP contribution in [0, 0.1) is 0 Å². The summed E-state index contributed by atoms with van der Waals surface area (Å²) < 4.78 is 10.6. The normalized spacial score (nSPS) is 14.5. The third-order valence-electron chi connectivity index (χ3n) is 4.64. The van der Waals surface area contributed by atoms with Gasteiger partial charge in [0.1, 0.15) is 17.3 Å². The van der Waals surface area contributed by atoms with Gasteiger partial charge in [-0.15, -0.1) is 0 Å². The Morgan fingerprint density at radius 1 is 1.08 bits per heavy atom. The quantitative estimate of drug-likeness (QED) is 0.822. The SMILES string of the molecule is COc1ccc(Nc2ccc(C(=O)NC3CCCCC3)cn2)c(OC)c1. The highest BCUT2D eigenvalue weighted by atomic mass is 16.5. The topological polar surface area (TPSA) is 72.5 Å². The Labute approximate surface area is 153 Å². The average molecular weight is 355 g/mol. The van der Waals surface area contributed by atoms with E-state index in [1.54, 1.807) is 38.6 Å². The van der Waals surface area contributed by atoms with E-state index >= 15 is 0 Å². The molecular formula is C20H25N3O3. The predicted molar refractivity (Wildman–Crippen MR) is 101 cm³/mol. The molecule has 1 aromatic heterocycles. The number of hydrogen-bond donors (Lipinski definition) is 2. The molecule has 138 valence electrons. The molecule has 2 aromatic rings. The predicted octanol–water partition coefficient (Wildman–Crippen LogP) is 3.90. The van der Waals surface area contributed by atoms with Gasteiger partial charge in [0, 0.05) is 18.3 Å². The van der Waals surface area contributed by atoms with Crippen LogP contribution in [-0.4, -0.2) is 31.2 Å². The fraction of sp³-hybridized carbons (Fsp3) is 0.400. The summed E-state index contributed by atoms with van der Waals surface area (Å²) in [5, 5.41) is 6.30. The molecule has 3 rings (SSSR count). The number of anilines is 2. The lowest BCUT2D eigenvalue weighted by Crippen LogP contribution is -2.36. The second kappa shape index (κ2) is 8.56. The van der Waals surface area contributed by atoms with Gasteiger partial charge in [-0.05, 0) is 37.1 Å². The molecule has 6 heteroatoms. The first kappa shape index (κ1) is 18.0. The third kappa shape index (κ3) is 4.45. The standard InChI is InChI=1S/C20H25N3O3/c1-25-16-9-10-17(18(12-16)26-2)23-19-11-8-14(13-21-19)20(24)22-15-6-4-3-5-7-15/h8-13,15H,3-7H2,1-2H3,(H,21,23)(H,22,24). The van der Waals surface area contributed by atoms with E-state index in [4.69, 9.17) is 9.47 Å². The van der Waals surface area contributed by atoms with E-state index in [1.165, 1.54) is 19.3 Å². The number of amides is 1. The van der Waals surface area contributed by atoms with Gasteiger partial charge in [-0.2, -0.15) is 0 Å². The average Bonchev–Trinajstić information content (AvgIpc) is 2.69. The Bertz CT molecular complexity index is 740. The van der Waals surface area contributed by atoms with Crippen molar-refractivity contribution >= 4 is 17.4 Å². The van der Waals surface area contributed by atoms with E-state index in [0.717, 1.165) is 24.3 Å². The summed E-state index contributed by atoms with van der Waals surface area (Å²) in [5.41, 5.74) is 1.35. The van der Waals surface area contributed by atoms with Gasteiger partial charge in [0.05, 0.1) is 25.5 Å². The third-order valence-corrected chi connectivity index (χ3v) is 4.64. The highest BCUT2D eigenvalue weighted by Crippen LogP contribution is 2.31. The fourth-order valence-electron chi connectivity index (χ4n) is 3.16. The van der Waals surface area contributed by atoms with Gasteiger partial charge in [0.25, 0.3) is 5.91 Å². The maximum atomic E-state index is 12.3. The molecule has 0 saturated heterocycles. The number of nitrogens with one attached hydrogen (secondary N) is 2. The Morgan fingerprint density at radius 2 is 1.88 bits per heavy atom. The van der Waals surface area contributed by atoms with Crippen LogP contribution in [-0.2, 0) is 0 Å². The first-order chi connectivity index (χ1) is 12.7. The summed E-state index contributed by atoms with van der Waals surface area (Å²) in [6.45, 7) is 0. The van der Waals surface area contributed by atoms with Crippen molar-refractivity contribution in [1.82, 2.24) is 10.3 Å². The molecular weight excluding hydrogens is 330 g/mol. The van der Waals surface area contributed by atoms with E-state index in [9.17, 15) is 4.79 Å². The molecule has 2 N–H and O–H groups in total. The molecule has 0 spiro atoms. The molecule has 1 aromatic carbocycles. The van der Waals surface area contributed by atoms with Gasteiger partial charge in [-0.1, -0.05) is 19.3 Å². The molecule has 6 nitrogen and oxygen atoms in total. The highest BCUT2D eigenvalue weighted by molar-refractivity contribution is 5.94. The molecule has 1 heterocycles. The van der Waals surface area contributed by atoms with Gasteiger partial charge in [0.2, 0.25) is 0 Å². The zero-order valence-corrected chi connectivity index (χ0v) is 15.2. The summed E-state index contributed by atoms with van der Waals surface area (Å²) in [5.74, 6) is 1.96. The lowest BCUT2D eigenvalue weighted by molar-refractivity contribution is 0.0927. The number of ether oxygens (including phenoxy) is 2. The summed E-state index contributed by atoms with van der Waals surface area (Å²) in [7, 11) is 3.21. The van der Waals surface area contributed by atoms with E-state index < -0.39 is 0 Å². The summed E-state index contributed by atoms with van der Waals surface area (Å²) in [4.78, 5) is 16.7. The summed E-state index contributed by atoms with van der Waals surface area (Å²) in [6.07, 6.45) is 7.37. The number of methoxy groups -OCH3 is 2. The maximum absolute atomic E-state index is 12.3. The van der Waals surface area contributed by atoms with E-state index in [2.05, 4.69) is 15.6 Å². The minimum atomic E-state index is -0.0574. The molecule has 0 unspecified atom stereocenters. The van der Waals surface area contributed by atoms with Crippen LogP contribution in [0.5, 0.6) is 11.5 Å². The Balaban J connectivity index is 1.65. The Kier molecular flexibility index (Phi) is 5.94. The number of nitrogens with zero attached hydrogens (tertiary/aromatic N) is 1. The van der Waals surface area contributed by atoms with Crippen molar-refractivity contribution in [2.24, 2.45) is 0 Å². The largest absolute Gasteiger partial charge is 0.497 e. The minimum absolute atomic E-state index is 0.0574. The number of rotatable bonds is 6. The molecule has 0 atom stereocenters. The van der Waals surface area contributed by atoms with Crippen molar-refractivity contribution in [2.75, 3.05) is 19.5 Å². The zero-order valence-electron chi connectivity index (χ0n) is 15.2. The van der Waals surface area contributed by atoms with Crippen molar-refractivity contribution in [3.63, 3.8) is 0 Å². The molecule has 1 fully saturated rings. The van der Waals surface area contributed by atoms with Crippen molar-refractivity contribution in [3.8, 4) is 11.5 Å². The highest BCUT2D eigenvalue weighted by Gasteiger charge is 2.17. The lowest BCUT2D eigenvalue weighted by Gasteiger charge is -2.22. The van der Waals surface area contributed by atoms with Gasteiger partial charge in [-0.3, -0.25) is 4.79 Å². The monoisotopic (exact) mass is 355 g/mol. The van der Waals surface area contributed by atoms with Gasteiger partial charge in [-0.25, -0.2) is 4.98 Å². The molecule has 1 saturated carbocycles. The molecule has 1 aliphatic rings. The first-order valence-electron chi connectivity index (χ1n) is 8.95. The number of hydrogen-bond acceptors (Lipinski definition) is 5. The maximum Gasteiger partial charge on any atom is 0.253 e. The van der Waals surface area contributed by atoms with Crippen molar-refractivity contribution < 1.29 is 14.3 Å². The van der Waals surface area contributed by atoms with Crippen LogP contribution in [0.1, 0.15) is 42.5 Å². The van der Waals surface area contributed by atoms with E-state index in [0.29, 0.717) is 17.1 Å². The van der Waals surface area contributed by atoms with Crippen molar-refractivity contribution in [2.45, 2.75) is 38.1 Å². The number of pyridine rings is 1. The van der Waals surface area contributed by atoms with Crippen LogP contribution in [0.25, 0.3) is 0 Å². The van der Waals surface area contributed by atoms with Crippen LogP contribution in [0.3, 0.4) is 0 Å². The van der Waals surface area contributed by atoms with E-state index in [1.807, 2.05) is 12.1 Å². The van der Waals surface area contributed by atoms with Crippen LogP contribution in [0.15, 0.2) is 36.5 Å². The number of carbonyl (C=O) groups excluding carboxylic acids is 1. The molecule has 1 amide bonds. The minimum Gasteiger partial charge on any atom is -0.497 e. The second-order valence-corrected chi connectivity index (χ2v) is 6.43. The molecule has 1 aliphatic carbocycles. The second-order valence-electron chi connectivity index (χ2n) is 6.43. The number of benzene rings is 1. The molecule has 0 radical (unpaired) electrons. The summed E-state index contributed by atoms with van der Waals surface area (Å²) >= 11 is 0. The first-order valence-corrected chi connectivity index (χ1v) is 8.95. The van der Waals surface area contributed by atoms with E-state index in [-0.39, 0.29) is 11.9 Å². The lowest BCUT2D eigenvalue weighted by atomic mass is 9.95. The van der Waals surface area contributed by atoms with Crippen LogP contribution in [0.2, 0.25) is 0 Å². The van der Waals surface area contributed by atoms with Gasteiger partial charge >= 0.3 is 0 Å². The zero-order chi connectivity index (χ0) is 18.4. The van der Waals surface area contributed by atoms with Crippen LogP contribution in [0.4, 0.5) is 11.5 Å². The van der Waals surface area contributed by atoms with Crippen molar-refractivity contribution in [3.05, 3.63) is 42.1 Å². The fourth-order valence-corrected chi connectivity index (χ4v) is 3.16. The molecule has 0 aliphatic heterocycles. The number of carbonyl (C=O) groups is 1. The number of aromatic nitrogens is 1. The van der Waals surface area contributed by atoms with Gasteiger partial charge in [0.15, 0.2) is 0 Å². The smallest absolute Gasteiger partial charge is 0.253 e. The molecule has 26 heavy (non-hydrogen) atoms. The Hall–Kier alpha value is -2.76. The van der Waals surface area contributed by atoms with Crippen LogP contribution >= 0.6 is 0 Å². The van der Waals surface area contributed by atoms with Gasteiger partial charge < -0.3 is 20.1 Å². The summed E-state index contributed by atoms with van der Waals surface area (Å²) in [6, 6.07) is 9.37.